The molecule has 0 spiro atoms. The van der Waals surface area contributed by atoms with Crippen LogP contribution in [0.3, 0.4) is 0 Å². The fourth-order valence-corrected chi connectivity index (χ4v) is 3.37. The lowest BCUT2D eigenvalue weighted by Crippen LogP contribution is -2.11. The molecule has 1 nitrogen and oxygen atoms in total. The van der Waals surface area contributed by atoms with E-state index in [4.69, 9.17) is 5.73 Å². The Balaban J connectivity index is 2.08. The van der Waals surface area contributed by atoms with E-state index in [0.29, 0.717) is 0 Å². The van der Waals surface area contributed by atoms with E-state index in [2.05, 4.69) is 61.7 Å². The molecule has 0 aliphatic rings. The standard InChI is InChI=1S/C17H17NS/c1-11-7-8-13(9-12(11)2)17(18)15-10-19-16-6-4-3-5-14(15)16/h3-10,17H,18H2,1-2H3. The van der Waals surface area contributed by atoms with Crippen LogP contribution in [-0.2, 0) is 0 Å². The molecule has 96 valence electrons. The molecule has 1 atom stereocenters. The van der Waals surface area contributed by atoms with Crippen LogP contribution in [0, 0.1) is 13.8 Å². The smallest absolute Gasteiger partial charge is 0.0566 e. The number of benzene rings is 2. The van der Waals surface area contributed by atoms with Crippen LogP contribution in [-0.4, -0.2) is 0 Å². The summed E-state index contributed by atoms with van der Waals surface area (Å²) in [5.41, 5.74) is 11.5. The normalized spacial score (nSPS) is 12.8. The Morgan fingerprint density at radius 3 is 2.58 bits per heavy atom. The highest BCUT2D eigenvalue weighted by atomic mass is 32.1. The SMILES string of the molecule is Cc1ccc(C(N)c2csc3ccccc23)cc1C. The first-order valence-corrected chi connectivity index (χ1v) is 7.33. The molecule has 1 heterocycles. The minimum absolute atomic E-state index is 0.0459. The summed E-state index contributed by atoms with van der Waals surface area (Å²) in [6.45, 7) is 4.27. The third-order valence-corrected chi connectivity index (χ3v) is 4.72. The van der Waals surface area contributed by atoms with Crippen LogP contribution in [0.1, 0.15) is 28.3 Å². The van der Waals surface area contributed by atoms with Crippen molar-refractivity contribution < 1.29 is 0 Å². The lowest BCUT2D eigenvalue weighted by molar-refractivity contribution is 0.881. The Morgan fingerprint density at radius 2 is 1.79 bits per heavy atom. The molecule has 0 amide bonds. The Bertz CT molecular complexity index is 727. The molecule has 1 unspecified atom stereocenters. The van der Waals surface area contributed by atoms with Gasteiger partial charge in [-0.05, 0) is 52.9 Å². The van der Waals surface area contributed by atoms with Crippen molar-refractivity contribution in [1.82, 2.24) is 0 Å². The predicted octanol–water partition coefficient (Wildman–Crippen LogP) is 4.57. The van der Waals surface area contributed by atoms with Crippen molar-refractivity contribution in [2.45, 2.75) is 19.9 Å². The summed E-state index contributed by atoms with van der Waals surface area (Å²) in [6, 6.07) is 14.9. The topological polar surface area (TPSA) is 26.0 Å². The van der Waals surface area contributed by atoms with Crippen molar-refractivity contribution >= 4 is 21.4 Å². The lowest BCUT2D eigenvalue weighted by atomic mass is 9.96. The Hall–Kier alpha value is -1.64. The van der Waals surface area contributed by atoms with Crippen LogP contribution in [0.2, 0.25) is 0 Å². The first-order valence-electron chi connectivity index (χ1n) is 6.45. The lowest BCUT2D eigenvalue weighted by Gasteiger charge is -2.13. The molecule has 3 rings (SSSR count). The maximum atomic E-state index is 6.45. The number of hydrogen-bond acceptors (Lipinski definition) is 2. The molecule has 1 aromatic heterocycles. The fourth-order valence-electron chi connectivity index (χ4n) is 2.38. The second kappa shape index (κ2) is 4.80. The van der Waals surface area contributed by atoms with E-state index in [-0.39, 0.29) is 6.04 Å². The first kappa shape index (κ1) is 12.4. The fraction of sp³-hybridized carbons (Fsp3) is 0.176. The summed E-state index contributed by atoms with van der Waals surface area (Å²) in [4.78, 5) is 0. The van der Waals surface area contributed by atoms with Gasteiger partial charge in [0.2, 0.25) is 0 Å². The van der Waals surface area contributed by atoms with E-state index >= 15 is 0 Å². The Morgan fingerprint density at radius 1 is 1.00 bits per heavy atom. The van der Waals surface area contributed by atoms with E-state index in [0.717, 1.165) is 0 Å². The van der Waals surface area contributed by atoms with E-state index < -0.39 is 0 Å². The Kier molecular flexibility index (Phi) is 3.13. The molecule has 0 bridgehead atoms. The van der Waals surface area contributed by atoms with E-state index in [1.54, 1.807) is 11.3 Å². The van der Waals surface area contributed by atoms with Gasteiger partial charge in [-0.2, -0.15) is 0 Å². The minimum atomic E-state index is -0.0459. The van der Waals surface area contributed by atoms with Crippen LogP contribution < -0.4 is 5.73 Å². The van der Waals surface area contributed by atoms with E-state index in [1.165, 1.54) is 32.3 Å². The van der Waals surface area contributed by atoms with Crippen LogP contribution in [0.25, 0.3) is 10.1 Å². The molecule has 3 aromatic rings. The summed E-state index contributed by atoms with van der Waals surface area (Å²) in [5.74, 6) is 0. The highest BCUT2D eigenvalue weighted by Crippen LogP contribution is 2.32. The van der Waals surface area contributed by atoms with Gasteiger partial charge in [-0.3, -0.25) is 0 Å². The van der Waals surface area contributed by atoms with Gasteiger partial charge >= 0.3 is 0 Å². The summed E-state index contributed by atoms with van der Waals surface area (Å²) in [6.07, 6.45) is 0. The highest BCUT2D eigenvalue weighted by Gasteiger charge is 2.14. The van der Waals surface area contributed by atoms with Crippen LogP contribution in [0.15, 0.2) is 47.8 Å². The van der Waals surface area contributed by atoms with Gasteiger partial charge in [0.25, 0.3) is 0 Å². The maximum Gasteiger partial charge on any atom is 0.0566 e. The Labute approximate surface area is 117 Å². The van der Waals surface area contributed by atoms with Crippen molar-refractivity contribution in [2.75, 3.05) is 0 Å². The summed E-state index contributed by atoms with van der Waals surface area (Å²) in [7, 11) is 0. The van der Waals surface area contributed by atoms with Gasteiger partial charge in [0.1, 0.15) is 0 Å². The molecule has 0 aliphatic carbocycles. The number of aryl methyl sites for hydroxylation is 2. The van der Waals surface area contributed by atoms with Crippen molar-refractivity contribution in [1.29, 1.82) is 0 Å². The van der Waals surface area contributed by atoms with Crippen LogP contribution in [0.4, 0.5) is 0 Å². The van der Waals surface area contributed by atoms with Gasteiger partial charge in [-0.1, -0.05) is 36.4 Å². The van der Waals surface area contributed by atoms with Gasteiger partial charge in [0, 0.05) is 4.70 Å². The molecule has 0 fully saturated rings. The molecular formula is C17H17NS. The monoisotopic (exact) mass is 267 g/mol. The molecule has 0 radical (unpaired) electrons. The quantitative estimate of drug-likeness (QED) is 0.723. The zero-order valence-corrected chi connectivity index (χ0v) is 12.0. The van der Waals surface area contributed by atoms with Crippen molar-refractivity contribution in [2.24, 2.45) is 5.73 Å². The molecule has 2 aromatic carbocycles. The second-order valence-electron chi connectivity index (χ2n) is 5.01. The van der Waals surface area contributed by atoms with Gasteiger partial charge in [0.15, 0.2) is 0 Å². The van der Waals surface area contributed by atoms with Gasteiger partial charge in [-0.15, -0.1) is 11.3 Å². The van der Waals surface area contributed by atoms with E-state index in [1.807, 2.05) is 0 Å². The second-order valence-corrected chi connectivity index (χ2v) is 5.92. The first-order chi connectivity index (χ1) is 9.16. The molecule has 2 N–H and O–H groups in total. The molecule has 2 heteroatoms. The van der Waals surface area contributed by atoms with Crippen molar-refractivity contribution in [3.05, 3.63) is 70.1 Å². The van der Waals surface area contributed by atoms with Gasteiger partial charge < -0.3 is 5.73 Å². The molecule has 19 heavy (non-hydrogen) atoms. The molecular weight excluding hydrogens is 250 g/mol. The van der Waals surface area contributed by atoms with E-state index in [9.17, 15) is 0 Å². The van der Waals surface area contributed by atoms with Crippen LogP contribution >= 0.6 is 11.3 Å². The number of thiophene rings is 1. The summed E-state index contributed by atoms with van der Waals surface area (Å²) >= 11 is 1.76. The molecule has 0 saturated carbocycles. The zero-order chi connectivity index (χ0) is 13.4. The molecule has 0 aliphatic heterocycles. The van der Waals surface area contributed by atoms with Gasteiger partial charge in [0.05, 0.1) is 6.04 Å². The zero-order valence-electron chi connectivity index (χ0n) is 11.2. The highest BCUT2D eigenvalue weighted by molar-refractivity contribution is 7.17. The maximum absolute atomic E-state index is 6.45. The number of rotatable bonds is 2. The largest absolute Gasteiger partial charge is 0.320 e. The predicted molar refractivity (Wildman–Crippen MR) is 83.8 cm³/mol. The molecule has 0 saturated heterocycles. The average molecular weight is 267 g/mol. The summed E-state index contributed by atoms with van der Waals surface area (Å²) < 4.78 is 1.30. The third kappa shape index (κ3) is 2.18. The number of nitrogens with two attached hydrogens (primary N) is 1. The van der Waals surface area contributed by atoms with Crippen molar-refractivity contribution in [3.8, 4) is 0 Å². The number of hydrogen-bond donors (Lipinski definition) is 1. The summed E-state index contributed by atoms with van der Waals surface area (Å²) in [5, 5.41) is 3.46. The third-order valence-electron chi connectivity index (χ3n) is 3.74. The minimum Gasteiger partial charge on any atom is -0.320 e. The number of fused-ring (bicyclic) bond motifs is 1. The van der Waals surface area contributed by atoms with Crippen molar-refractivity contribution in [3.63, 3.8) is 0 Å². The van der Waals surface area contributed by atoms with Crippen LogP contribution in [0.5, 0.6) is 0 Å². The van der Waals surface area contributed by atoms with Gasteiger partial charge in [-0.25, -0.2) is 0 Å². The average Bonchev–Trinajstić information content (AvgIpc) is 2.85.